The van der Waals surface area contributed by atoms with E-state index in [0.717, 1.165) is 5.56 Å². The van der Waals surface area contributed by atoms with Crippen molar-refractivity contribution in [1.82, 2.24) is 15.5 Å². The maximum Gasteiger partial charge on any atom is 0.236 e. The van der Waals surface area contributed by atoms with Crippen LogP contribution in [0.2, 0.25) is 0 Å². The Morgan fingerprint density at radius 3 is 2.48 bits per heavy atom. The van der Waals surface area contributed by atoms with Gasteiger partial charge in [-0.1, -0.05) is 5.16 Å². The molecule has 2 aromatic carbocycles. The fourth-order valence-electron chi connectivity index (χ4n) is 2.30. The molecule has 0 saturated heterocycles. The minimum Gasteiger partial charge on any atom is -0.497 e. The van der Waals surface area contributed by atoms with E-state index in [0.29, 0.717) is 17.1 Å². The van der Waals surface area contributed by atoms with Crippen molar-refractivity contribution in [1.29, 1.82) is 0 Å². The number of aromatic nitrogens is 2. The van der Waals surface area contributed by atoms with Crippen molar-refractivity contribution in [2.75, 3.05) is 13.7 Å². The molecule has 0 aliphatic carbocycles. The van der Waals surface area contributed by atoms with Gasteiger partial charge in [0.15, 0.2) is 5.78 Å². The third-order valence-corrected chi connectivity index (χ3v) is 3.74. The lowest BCUT2D eigenvalue weighted by Gasteiger charge is -2.03. The zero-order valence-electron chi connectivity index (χ0n) is 14.4. The number of rotatable bonds is 7. The number of ether oxygens (including phenoxy) is 1. The predicted octanol–water partition coefficient (Wildman–Crippen LogP) is 2.43. The Hall–Kier alpha value is -3.55. The van der Waals surface area contributed by atoms with Crippen molar-refractivity contribution in [2.45, 2.75) is 6.42 Å². The lowest BCUT2D eigenvalue weighted by Crippen LogP contribution is -2.30. The monoisotopic (exact) mass is 369 g/mol. The normalized spacial score (nSPS) is 10.4. The van der Waals surface area contributed by atoms with Crippen LogP contribution in [0.5, 0.6) is 5.75 Å². The van der Waals surface area contributed by atoms with Gasteiger partial charge in [0.05, 0.1) is 13.7 Å². The van der Waals surface area contributed by atoms with Crippen molar-refractivity contribution < 1.29 is 23.2 Å². The highest BCUT2D eigenvalue weighted by molar-refractivity contribution is 5.99. The number of benzene rings is 2. The number of Topliss-reactive ketones (excluding diaryl/α,β-unsaturated/α-hetero) is 1. The van der Waals surface area contributed by atoms with E-state index in [4.69, 9.17) is 9.26 Å². The number of halogens is 1. The Bertz CT molecular complexity index is 936. The number of methoxy groups -OCH3 is 1. The molecule has 138 valence electrons. The van der Waals surface area contributed by atoms with Crippen LogP contribution in [0.15, 0.2) is 53.1 Å². The highest BCUT2D eigenvalue weighted by Gasteiger charge is 2.14. The van der Waals surface area contributed by atoms with Gasteiger partial charge in [-0.05, 0) is 48.5 Å². The summed E-state index contributed by atoms with van der Waals surface area (Å²) in [5.74, 6) is -0.00843. The third kappa shape index (κ3) is 4.75. The predicted molar refractivity (Wildman–Crippen MR) is 93.7 cm³/mol. The first kappa shape index (κ1) is 18.2. The van der Waals surface area contributed by atoms with Crippen molar-refractivity contribution in [3.63, 3.8) is 0 Å². The second-order valence-corrected chi connectivity index (χ2v) is 5.62. The molecule has 0 radical (unpaired) electrons. The van der Waals surface area contributed by atoms with E-state index < -0.39 is 11.7 Å². The molecule has 0 unspecified atom stereocenters. The number of hydrogen-bond donors (Lipinski definition) is 1. The molecule has 1 amide bonds. The van der Waals surface area contributed by atoms with Gasteiger partial charge in [-0.15, -0.1) is 0 Å². The Kier molecular flexibility index (Phi) is 5.55. The Morgan fingerprint density at radius 1 is 1.11 bits per heavy atom. The number of ketones is 1. The van der Waals surface area contributed by atoms with Gasteiger partial charge in [0.25, 0.3) is 0 Å². The summed E-state index contributed by atoms with van der Waals surface area (Å²) in [4.78, 5) is 28.1. The highest BCUT2D eigenvalue weighted by atomic mass is 19.1. The van der Waals surface area contributed by atoms with Crippen LogP contribution in [0.4, 0.5) is 4.39 Å². The van der Waals surface area contributed by atoms with Crippen molar-refractivity contribution in [3.8, 4) is 17.1 Å². The lowest BCUT2D eigenvalue weighted by atomic mass is 10.1. The maximum atomic E-state index is 12.9. The van der Waals surface area contributed by atoms with E-state index in [1.807, 2.05) is 0 Å². The fourth-order valence-corrected chi connectivity index (χ4v) is 2.30. The number of hydrogen-bond acceptors (Lipinski definition) is 6. The molecule has 0 aliphatic rings. The second kappa shape index (κ2) is 8.22. The molecule has 7 nitrogen and oxygen atoms in total. The molecular formula is C19H16FN3O4. The van der Waals surface area contributed by atoms with Crippen LogP contribution < -0.4 is 10.1 Å². The highest BCUT2D eigenvalue weighted by Crippen LogP contribution is 2.19. The van der Waals surface area contributed by atoms with E-state index in [1.54, 1.807) is 31.4 Å². The summed E-state index contributed by atoms with van der Waals surface area (Å²) < 4.78 is 23.0. The average Bonchev–Trinajstić information content (AvgIpc) is 3.15. The molecule has 0 fully saturated rings. The van der Waals surface area contributed by atoms with E-state index in [1.165, 1.54) is 24.3 Å². The van der Waals surface area contributed by atoms with Crippen LogP contribution in [0.3, 0.4) is 0 Å². The topological polar surface area (TPSA) is 94.3 Å². The molecule has 1 aromatic heterocycles. The van der Waals surface area contributed by atoms with Crippen LogP contribution in [0.25, 0.3) is 11.4 Å². The summed E-state index contributed by atoms with van der Waals surface area (Å²) in [5, 5.41) is 6.32. The van der Waals surface area contributed by atoms with E-state index in [9.17, 15) is 14.0 Å². The largest absolute Gasteiger partial charge is 0.497 e. The fraction of sp³-hybridized carbons (Fsp3) is 0.158. The first-order valence-electron chi connectivity index (χ1n) is 8.07. The molecule has 0 atom stereocenters. The van der Waals surface area contributed by atoms with Crippen LogP contribution in [-0.4, -0.2) is 35.5 Å². The van der Waals surface area contributed by atoms with E-state index >= 15 is 0 Å². The van der Waals surface area contributed by atoms with Gasteiger partial charge in [0.1, 0.15) is 18.0 Å². The van der Waals surface area contributed by atoms with Gasteiger partial charge in [-0.2, -0.15) is 4.98 Å². The van der Waals surface area contributed by atoms with Crippen LogP contribution >= 0.6 is 0 Å². The quantitative estimate of drug-likeness (QED) is 0.643. The standard InChI is InChI=1S/C19H16FN3O4/c1-26-15-8-4-13(5-9-15)19-22-18(27-23-19)10-17(25)21-11-16(24)12-2-6-14(20)7-3-12/h2-9H,10-11H2,1H3,(H,21,25). The van der Waals surface area contributed by atoms with Crippen molar-refractivity contribution in [3.05, 3.63) is 65.8 Å². The molecule has 8 heteroatoms. The molecule has 27 heavy (non-hydrogen) atoms. The third-order valence-electron chi connectivity index (χ3n) is 3.74. The number of nitrogens with one attached hydrogen (secondary N) is 1. The van der Waals surface area contributed by atoms with Gasteiger partial charge in [-0.25, -0.2) is 4.39 Å². The average molecular weight is 369 g/mol. The summed E-state index contributed by atoms with van der Waals surface area (Å²) in [6, 6.07) is 12.2. The van der Waals surface area contributed by atoms with E-state index in [2.05, 4.69) is 15.5 Å². The molecule has 0 bridgehead atoms. The van der Waals surface area contributed by atoms with Gasteiger partial charge >= 0.3 is 0 Å². The zero-order chi connectivity index (χ0) is 19.2. The lowest BCUT2D eigenvalue weighted by molar-refractivity contribution is -0.120. The summed E-state index contributed by atoms with van der Waals surface area (Å²) in [7, 11) is 1.57. The Balaban J connectivity index is 1.54. The van der Waals surface area contributed by atoms with Gasteiger partial charge in [0.2, 0.25) is 17.6 Å². The van der Waals surface area contributed by atoms with E-state index in [-0.39, 0.29) is 24.6 Å². The number of carbonyl (C=O) groups excluding carboxylic acids is 2. The summed E-state index contributed by atoms with van der Waals surface area (Å²) >= 11 is 0. The summed E-state index contributed by atoms with van der Waals surface area (Å²) in [6.45, 7) is -0.204. The maximum absolute atomic E-state index is 12.9. The Labute approximate surface area is 154 Å². The van der Waals surface area contributed by atoms with Gasteiger partial charge in [0, 0.05) is 11.1 Å². The summed E-state index contributed by atoms with van der Waals surface area (Å²) in [6.07, 6.45) is -0.153. The van der Waals surface area contributed by atoms with Crippen LogP contribution in [0, 0.1) is 5.82 Å². The van der Waals surface area contributed by atoms with Crippen molar-refractivity contribution in [2.24, 2.45) is 0 Å². The molecular weight excluding hydrogens is 353 g/mol. The first-order chi connectivity index (χ1) is 13.0. The van der Waals surface area contributed by atoms with Crippen molar-refractivity contribution >= 4 is 11.7 Å². The minimum atomic E-state index is -0.435. The second-order valence-electron chi connectivity index (χ2n) is 5.62. The summed E-state index contributed by atoms with van der Waals surface area (Å²) in [5.41, 5.74) is 1.04. The SMILES string of the molecule is COc1ccc(-c2noc(CC(=O)NCC(=O)c3ccc(F)cc3)n2)cc1. The molecule has 0 spiro atoms. The Morgan fingerprint density at radius 2 is 1.81 bits per heavy atom. The molecule has 0 saturated carbocycles. The first-order valence-corrected chi connectivity index (χ1v) is 8.07. The molecule has 1 N–H and O–H groups in total. The minimum absolute atomic E-state index is 0.132. The number of nitrogens with zero attached hydrogens (tertiary/aromatic N) is 2. The molecule has 3 rings (SSSR count). The zero-order valence-corrected chi connectivity index (χ0v) is 14.4. The van der Waals surface area contributed by atoms with Gasteiger partial charge in [-0.3, -0.25) is 9.59 Å². The molecule has 1 heterocycles. The number of amides is 1. The van der Waals surface area contributed by atoms with Gasteiger partial charge < -0.3 is 14.6 Å². The smallest absolute Gasteiger partial charge is 0.236 e. The number of carbonyl (C=O) groups is 2. The molecule has 0 aliphatic heterocycles. The van der Waals surface area contributed by atoms with Crippen LogP contribution in [-0.2, 0) is 11.2 Å². The molecule has 3 aromatic rings. The van der Waals surface area contributed by atoms with Crippen LogP contribution in [0.1, 0.15) is 16.2 Å².